The predicted octanol–water partition coefficient (Wildman–Crippen LogP) is 4.74. The lowest BCUT2D eigenvalue weighted by Gasteiger charge is -2.10. The van der Waals surface area contributed by atoms with E-state index >= 15 is 0 Å². The van der Waals surface area contributed by atoms with E-state index in [0.717, 1.165) is 30.6 Å². The van der Waals surface area contributed by atoms with E-state index in [4.69, 9.17) is 0 Å². The van der Waals surface area contributed by atoms with E-state index in [-0.39, 0.29) is 5.91 Å². The first-order valence-electron chi connectivity index (χ1n) is 9.90. The summed E-state index contributed by atoms with van der Waals surface area (Å²) in [6.07, 6.45) is 0.981. The van der Waals surface area contributed by atoms with Crippen molar-refractivity contribution in [2.24, 2.45) is 0 Å². The molecule has 3 aromatic carbocycles. The maximum absolute atomic E-state index is 12.5. The van der Waals surface area contributed by atoms with E-state index in [0.29, 0.717) is 12.1 Å². The number of nitrogens with one attached hydrogen (secondary N) is 2. The van der Waals surface area contributed by atoms with Crippen LogP contribution in [-0.2, 0) is 13.0 Å². The number of benzene rings is 3. The highest BCUT2D eigenvalue weighted by molar-refractivity contribution is 5.94. The number of aryl methyl sites for hydroxylation is 1. The lowest BCUT2D eigenvalue weighted by Crippen LogP contribution is -2.23. The van der Waals surface area contributed by atoms with Crippen LogP contribution in [0.1, 0.15) is 34.0 Å². The van der Waals surface area contributed by atoms with E-state index in [9.17, 15) is 4.79 Å². The Balaban J connectivity index is 1.57. The molecule has 0 atom stereocenters. The second kappa shape index (κ2) is 9.86. The fourth-order valence-electron chi connectivity index (χ4n) is 3.25. The number of carbonyl (C=O) groups excluding carboxylic acids is 1. The van der Waals surface area contributed by atoms with Crippen molar-refractivity contribution in [1.82, 2.24) is 10.6 Å². The first kappa shape index (κ1) is 19.8. The molecule has 0 bridgehead atoms. The fraction of sp³-hybridized carbons (Fsp3) is 0.240. The van der Waals surface area contributed by atoms with E-state index in [1.807, 2.05) is 30.3 Å². The van der Waals surface area contributed by atoms with Gasteiger partial charge in [-0.3, -0.25) is 4.79 Å². The zero-order valence-corrected chi connectivity index (χ0v) is 16.7. The van der Waals surface area contributed by atoms with E-state index < -0.39 is 0 Å². The molecule has 2 N–H and O–H groups in total. The number of rotatable bonds is 8. The molecular weight excluding hydrogens is 344 g/mol. The van der Waals surface area contributed by atoms with Crippen molar-refractivity contribution >= 4 is 5.91 Å². The van der Waals surface area contributed by atoms with Crippen LogP contribution < -0.4 is 10.6 Å². The van der Waals surface area contributed by atoms with Gasteiger partial charge in [0.2, 0.25) is 0 Å². The molecule has 0 aliphatic carbocycles. The molecule has 0 fully saturated rings. The average molecular weight is 373 g/mol. The molecule has 144 valence electrons. The highest BCUT2D eigenvalue weighted by Gasteiger charge is 2.08. The summed E-state index contributed by atoms with van der Waals surface area (Å²) in [6, 6.07) is 24.6. The van der Waals surface area contributed by atoms with Crippen molar-refractivity contribution in [3.05, 3.63) is 95.1 Å². The Morgan fingerprint density at radius 1 is 0.893 bits per heavy atom. The first-order chi connectivity index (χ1) is 13.7. The van der Waals surface area contributed by atoms with Crippen LogP contribution in [0.4, 0.5) is 0 Å². The smallest absolute Gasteiger partial charge is 0.251 e. The van der Waals surface area contributed by atoms with Gasteiger partial charge < -0.3 is 10.6 Å². The molecule has 0 heterocycles. The third kappa shape index (κ3) is 5.30. The quantitative estimate of drug-likeness (QED) is 0.561. The molecule has 0 aliphatic heterocycles. The van der Waals surface area contributed by atoms with Gasteiger partial charge in [-0.25, -0.2) is 0 Å². The molecule has 3 aromatic rings. The number of hydrogen-bond acceptors (Lipinski definition) is 2. The third-order valence-electron chi connectivity index (χ3n) is 4.94. The van der Waals surface area contributed by atoms with Gasteiger partial charge in [-0.05, 0) is 66.4 Å². The van der Waals surface area contributed by atoms with Crippen LogP contribution in [-0.4, -0.2) is 19.0 Å². The van der Waals surface area contributed by atoms with Gasteiger partial charge in [0, 0.05) is 12.1 Å². The Morgan fingerprint density at radius 2 is 1.61 bits per heavy atom. The standard InChI is InChI=1S/C25H28N2O/c1-3-26-16-15-21-13-14-24(17-19(21)2)25(28)27-18-20-9-11-23(12-10-20)22-7-5-4-6-8-22/h4-14,17,26H,3,15-16,18H2,1-2H3,(H,27,28). The normalized spacial score (nSPS) is 10.6. The fourth-order valence-corrected chi connectivity index (χ4v) is 3.25. The Bertz CT molecular complexity index is 902. The van der Waals surface area contributed by atoms with Gasteiger partial charge in [-0.1, -0.05) is 67.6 Å². The van der Waals surface area contributed by atoms with Crippen LogP contribution in [0.15, 0.2) is 72.8 Å². The zero-order chi connectivity index (χ0) is 19.8. The van der Waals surface area contributed by atoms with Gasteiger partial charge in [-0.15, -0.1) is 0 Å². The average Bonchev–Trinajstić information content (AvgIpc) is 2.74. The number of hydrogen-bond donors (Lipinski definition) is 2. The summed E-state index contributed by atoms with van der Waals surface area (Å²) >= 11 is 0. The summed E-state index contributed by atoms with van der Waals surface area (Å²) < 4.78 is 0. The van der Waals surface area contributed by atoms with Crippen molar-refractivity contribution in [3.8, 4) is 11.1 Å². The SMILES string of the molecule is CCNCCc1ccc(C(=O)NCc2ccc(-c3ccccc3)cc2)cc1C. The second-order valence-electron chi connectivity index (χ2n) is 6.99. The van der Waals surface area contributed by atoms with Crippen LogP contribution in [0.2, 0.25) is 0 Å². The molecule has 0 aromatic heterocycles. The highest BCUT2D eigenvalue weighted by atomic mass is 16.1. The maximum atomic E-state index is 12.5. The number of likely N-dealkylation sites (N-methyl/N-ethyl adjacent to an activating group) is 1. The Labute approximate surface area is 167 Å². The first-order valence-corrected chi connectivity index (χ1v) is 9.90. The van der Waals surface area contributed by atoms with E-state index in [1.165, 1.54) is 16.7 Å². The van der Waals surface area contributed by atoms with Crippen LogP contribution >= 0.6 is 0 Å². The summed E-state index contributed by atoms with van der Waals surface area (Å²) in [7, 11) is 0. The van der Waals surface area contributed by atoms with Gasteiger partial charge in [0.05, 0.1) is 0 Å². The molecule has 0 radical (unpaired) electrons. The van der Waals surface area contributed by atoms with Gasteiger partial charge in [0.15, 0.2) is 0 Å². The van der Waals surface area contributed by atoms with Gasteiger partial charge in [-0.2, -0.15) is 0 Å². The largest absolute Gasteiger partial charge is 0.348 e. The molecule has 0 spiro atoms. The molecule has 0 unspecified atom stereocenters. The molecule has 0 aliphatic rings. The molecule has 3 nitrogen and oxygen atoms in total. The summed E-state index contributed by atoms with van der Waals surface area (Å²) in [6.45, 7) is 6.64. The monoisotopic (exact) mass is 372 g/mol. The third-order valence-corrected chi connectivity index (χ3v) is 4.94. The molecule has 0 saturated heterocycles. The Morgan fingerprint density at radius 3 is 2.29 bits per heavy atom. The van der Waals surface area contributed by atoms with Crippen molar-refractivity contribution in [2.75, 3.05) is 13.1 Å². The van der Waals surface area contributed by atoms with Crippen molar-refractivity contribution in [1.29, 1.82) is 0 Å². The van der Waals surface area contributed by atoms with Crippen LogP contribution in [0.3, 0.4) is 0 Å². The zero-order valence-electron chi connectivity index (χ0n) is 16.7. The minimum absolute atomic E-state index is 0.0338. The minimum Gasteiger partial charge on any atom is -0.348 e. The summed E-state index contributed by atoms with van der Waals surface area (Å²) in [5.74, 6) is -0.0338. The molecule has 1 amide bonds. The minimum atomic E-state index is -0.0338. The van der Waals surface area contributed by atoms with Gasteiger partial charge in [0.25, 0.3) is 5.91 Å². The van der Waals surface area contributed by atoms with Crippen molar-refractivity contribution in [3.63, 3.8) is 0 Å². The molecular formula is C25H28N2O. The van der Waals surface area contributed by atoms with Crippen molar-refractivity contribution < 1.29 is 4.79 Å². The van der Waals surface area contributed by atoms with Crippen molar-refractivity contribution in [2.45, 2.75) is 26.8 Å². The second-order valence-corrected chi connectivity index (χ2v) is 6.99. The predicted molar refractivity (Wildman–Crippen MR) is 116 cm³/mol. The van der Waals surface area contributed by atoms with Gasteiger partial charge in [0.1, 0.15) is 0 Å². The maximum Gasteiger partial charge on any atom is 0.251 e. The number of amides is 1. The summed E-state index contributed by atoms with van der Waals surface area (Å²) in [5, 5.41) is 6.36. The highest BCUT2D eigenvalue weighted by Crippen LogP contribution is 2.19. The van der Waals surface area contributed by atoms with Crippen LogP contribution in [0, 0.1) is 6.92 Å². The number of carbonyl (C=O) groups is 1. The molecule has 28 heavy (non-hydrogen) atoms. The van der Waals surface area contributed by atoms with Crippen LogP contribution in [0.5, 0.6) is 0 Å². The van der Waals surface area contributed by atoms with Gasteiger partial charge >= 0.3 is 0 Å². The summed E-state index contributed by atoms with van der Waals surface area (Å²) in [5.41, 5.74) is 6.63. The summed E-state index contributed by atoms with van der Waals surface area (Å²) in [4.78, 5) is 12.5. The molecule has 3 heteroatoms. The molecule has 3 rings (SSSR count). The lowest BCUT2D eigenvalue weighted by atomic mass is 10.0. The topological polar surface area (TPSA) is 41.1 Å². The van der Waals surface area contributed by atoms with E-state index in [2.05, 4.69) is 66.9 Å². The Kier molecular flexibility index (Phi) is 6.99. The lowest BCUT2D eigenvalue weighted by molar-refractivity contribution is 0.0951. The molecule has 0 saturated carbocycles. The van der Waals surface area contributed by atoms with Crippen LogP contribution in [0.25, 0.3) is 11.1 Å². The Hall–Kier alpha value is -2.91. The van der Waals surface area contributed by atoms with E-state index in [1.54, 1.807) is 0 Å².